The van der Waals surface area contributed by atoms with Crippen LogP contribution in [0.2, 0.25) is 0 Å². The molecule has 0 amide bonds. The van der Waals surface area contributed by atoms with Crippen molar-refractivity contribution in [2.75, 3.05) is 0 Å². The molecule has 42 heavy (non-hydrogen) atoms. The average molecular weight is 623 g/mol. The summed E-state index contributed by atoms with van der Waals surface area (Å²) in [6.45, 7) is 1.27. The van der Waals surface area contributed by atoms with Crippen LogP contribution in [-0.4, -0.2) is 57.9 Å². The summed E-state index contributed by atoms with van der Waals surface area (Å²) in [5.41, 5.74) is -0.432. The summed E-state index contributed by atoms with van der Waals surface area (Å²) in [6.07, 6.45) is -11.5. The number of hydrogen-bond donors (Lipinski definition) is 0. The van der Waals surface area contributed by atoms with Gasteiger partial charge in [-0.1, -0.05) is 0 Å². The highest BCUT2D eigenvalue weighted by Gasteiger charge is 2.48. The van der Waals surface area contributed by atoms with Crippen molar-refractivity contribution >= 4 is 15.8 Å². The van der Waals surface area contributed by atoms with E-state index in [1.54, 1.807) is 0 Å². The van der Waals surface area contributed by atoms with Gasteiger partial charge in [0.25, 0.3) is 0 Å². The number of pyridine rings is 1. The molecule has 2 aromatic heterocycles. The number of ketones is 1. The number of alkyl halides is 7. The van der Waals surface area contributed by atoms with Crippen LogP contribution in [0, 0.1) is 5.82 Å². The maximum Gasteiger partial charge on any atom is 0.451 e. The van der Waals surface area contributed by atoms with Crippen LogP contribution in [0.1, 0.15) is 36.7 Å². The quantitative estimate of drug-likeness (QED) is 0.309. The van der Waals surface area contributed by atoms with Gasteiger partial charge in [-0.3, -0.25) is 9.78 Å². The van der Waals surface area contributed by atoms with Crippen LogP contribution < -0.4 is 0 Å². The molecular weight excluding hydrogens is 600 g/mol. The number of aryl methyl sites for hydroxylation is 1. The monoisotopic (exact) mass is 622 g/mol. The summed E-state index contributed by atoms with van der Waals surface area (Å²) in [5.74, 6) is -2.90. The van der Waals surface area contributed by atoms with Crippen molar-refractivity contribution in [3.8, 4) is 11.3 Å². The van der Waals surface area contributed by atoms with Gasteiger partial charge in [-0.05, 0) is 54.8 Å². The molecule has 1 aliphatic heterocycles. The van der Waals surface area contributed by atoms with E-state index in [1.807, 2.05) is 0 Å². The number of halogens is 8. The summed E-state index contributed by atoms with van der Waals surface area (Å²) in [5, 5.41) is 0. The van der Waals surface area contributed by atoms with E-state index in [-0.39, 0.29) is 33.7 Å². The third-order valence-corrected chi connectivity index (χ3v) is 8.77. The third kappa shape index (κ3) is 6.91. The van der Waals surface area contributed by atoms with E-state index in [1.165, 1.54) is 6.92 Å². The molecule has 1 saturated heterocycles. The summed E-state index contributed by atoms with van der Waals surface area (Å²) in [7, 11) is -4.45. The summed E-state index contributed by atoms with van der Waals surface area (Å²) in [6, 6.07) is 2.16. The normalized spacial score (nSPS) is 20.2. The molecule has 0 N–H and O–H groups in total. The number of nitrogens with zero attached hydrogens (tertiary/aromatic N) is 4. The lowest BCUT2D eigenvalue weighted by Crippen LogP contribution is -2.44. The fourth-order valence-corrected chi connectivity index (χ4v) is 6.50. The molecule has 1 fully saturated rings. The highest BCUT2D eigenvalue weighted by atomic mass is 32.2. The van der Waals surface area contributed by atoms with E-state index in [2.05, 4.69) is 15.0 Å². The second-order valence-corrected chi connectivity index (χ2v) is 11.5. The lowest BCUT2D eigenvalue weighted by atomic mass is 9.97. The molecule has 226 valence electrons. The topological polar surface area (TPSA) is 93.1 Å². The Morgan fingerprint density at radius 2 is 1.60 bits per heavy atom. The van der Waals surface area contributed by atoms with Gasteiger partial charge in [0.05, 0.1) is 29.1 Å². The fraction of sp³-hybridized carbons (Fsp3) is 0.385. The van der Waals surface area contributed by atoms with Crippen LogP contribution in [0.3, 0.4) is 0 Å². The van der Waals surface area contributed by atoms with Crippen LogP contribution in [-0.2, 0) is 33.8 Å². The Labute approximate surface area is 234 Å². The number of hydrogen-bond acceptors (Lipinski definition) is 6. The zero-order valence-corrected chi connectivity index (χ0v) is 22.4. The average Bonchev–Trinajstić information content (AvgIpc) is 3.21. The van der Waals surface area contributed by atoms with Crippen LogP contribution in [0.15, 0.2) is 53.8 Å². The van der Waals surface area contributed by atoms with Crippen molar-refractivity contribution in [3.63, 3.8) is 0 Å². The molecule has 1 aliphatic rings. The van der Waals surface area contributed by atoms with Crippen molar-refractivity contribution in [3.05, 3.63) is 71.7 Å². The molecule has 3 atom stereocenters. The summed E-state index contributed by atoms with van der Waals surface area (Å²) < 4.78 is 133. The van der Waals surface area contributed by atoms with Gasteiger partial charge < -0.3 is 0 Å². The number of aromatic nitrogens is 3. The van der Waals surface area contributed by atoms with Gasteiger partial charge in [0.1, 0.15) is 12.0 Å². The first-order chi connectivity index (χ1) is 19.5. The molecule has 0 bridgehead atoms. The van der Waals surface area contributed by atoms with Gasteiger partial charge in [-0.25, -0.2) is 27.2 Å². The molecule has 1 aromatic carbocycles. The molecule has 4 rings (SSSR count). The zero-order valence-electron chi connectivity index (χ0n) is 21.6. The van der Waals surface area contributed by atoms with Crippen molar-refractivity contribution < 1.29 is 48.3 Å². The standard InChI is InChI=1S/C26H22F8N4O3S/c1-14-20(28)9-22(38(14)42(40,41)19-5-3-18(27)4-6-19)23(39)7-2-15-8-21(35-11-16(15)10-25(29,30)31)17-12-36-24(37-13-17)26(32,33)34/h3-6,8,11-14,20,22H,2,7,9-10H2,1H3/t14-,20+,22-/m0/s1. The number of carbonyl (C=O) groups excluding carboxylic acids is 1. The van der Waals surface area contributed by atoms with Gasteiger partial charge in [0.15, 0.2) is 5.78 Å². The van der Waals surface area contributed by atoms with Crippen molar-refractivity contribution in [1.82, 2.24) is 19.3 Å². The first kappa shape index (κ1) is 31.4. The number of Topliss-reactive ketones (excluding diaryl/α,β-unsaturated/α-hetero) is 1. The van der Waals surface area contributed by atoms with E-state index in [9.17, 15) is 48.3 Å². The molecular formula is C26H22F8N4O3S. The molecule has 0 unspecified atom stereocenters. The van der Waals surface area contributed by atoms with Crippen LogP contribution >= 0.6 is 0 Å². The number of carbonyl (C=O) groups is 1. The van der Waals surface area contributed by atoms with Crippen molar-refractivity contribution in [1.29, 1.82) is 0 Å². The minimum absolute atomic E-state index is 0.0265. The second kappa shape index (κ2) is 11.6. The molecule has 16 heteroatoms. The zero-order chi connectivity index (χ0) is 31.0. The molecule has 0 radical (unpaired) electrons. The first-order valence-corrected chi connectivity index (χ1v) is 13.8. The van der Waals surface area contributed by atoms with Gasteiger partial charge >= 0.3 is 12.4 Å². The molecule has 3 heterocycles. The van der Waals surface area contributed by atoms with Gasteiger partial charge in [0, 0.05) is 37.0 Å². The fourth-order valence-electron chi connectivity index (χ4n) is 4.67. The van der Waals surface area contributed by atoms with E-state index in [0.717, 1.165) is 48.9 Å². The van der Waals surface area contributed by atoms with E-state index >= 15 is 0 Å². The van der Waals surface area contributed by atoms with Gasteiger partial charge in [-0.15, -0.1) is 0 Å². The Kier molecular flexibility index (Phi) is 8.69. The summed E-state index contributed by atoms with van der Waals surface area (Å²) >= 11 is 0. The Balaban J connectivity index is 1.61. The highest BCUT2D eigenvalue weighted by Crippen LogP contribution is 2.35. The Hall–Kier alpha value is -3.53. The number of rotatable bonds is 8. The van der Waals surface area contributed by atoms with Crippen LogP contribution in [0.4, 0.5) is 35.1 Å². The highest BCUT2D eigenvalue weighted by molar-refractivity contribution is 7.89. The van der Waals surface area contributed by atoms with E-state index < -0.39 is 77.3 Å². The molecule has 3 aromatic rings. The van der Waals surface area contributed by atoms with Crippen molar-refractivity contribution in [2.45, 2.75) is 68.1 Å². The first-order valence-electron chi connectivity index (χ1n) is 12.4. The Morgan fingerprint density at radius 1 is 0.976 bits per heavy atom. The maximum absolute atomic E-state index is 14.7. The smallest absolute Gasteiger partial charge is 0.298 e. The minimum atomic E-state index is -4.82. The minimum Gasteiger partial charge on any atom is -0.298 e. The predicted molar refractivity (Wildman–Crippen MR) is 132 cm³/mol. The Bertz CT molecular complexity index is 1550. The van der Waals surface area contributed by atoms with Crippen molar-refractivity contribution in [2.24, 2.45) is 0 Å². The van der Waals surface area contributed by atoms with Gasteiger partial charge in [-0.2, -0.15) is 30.6 Å². The molecule has 0 spiro atoms. The lowest BCUT2D eigenvalue weighted by Gasteiger charge is -2.27. The van der Waals surface area contributed by atoms with E-state index in [4.69, 9.17) is 0 Å². The number of sulfonamides is 1. The van der Waals surface area contributed by atoms with Crippen LogP contribution in [0.5, 0.6) is 0 Å². The molecule has 0 saturated carbocycles. The van der Waals surface area contributed by atoms with Crippen LogP contribution in [0.25, 0.3) is 11.3 Å². The largest absolute Gasteiger partial charge is 0.451 e. The Morgan fingerprint density at radius 3 is 2.17 bits per heavy atom. The van der Waals surface area contributed by atoms with E-state index in [0.29, 0.717) is 4.31 Å². The SMILES string of the molecule is C[C@H]1[C@H](F)C[C@@H](C(=O)CCc2cc(-c3cnc(C(F)(F)F)nc3)ncc2CC(F)(F)F)N1S(=O)(=O)c1ccc(F)cc1. The number of benzene rings is 1. The second-order valence-electron chi connectivity index (χ2n) is 9.69. The third-order valence-electron chi connectivity index (χ3n) is 6.76. The molecule has 7 nitrogen and oxygen atoms in total. The lowest BCUT2D eigenvalue weighted by molar-refractivity contribution is -0.145. The molecule has 0 aliphatic carbocycles. The predicted octanol–water partition coefficient (Wildman–Crippen LogP) is 5.49. The maximum atomic E-state index is 14.7. The van der Waals surface area contributed by atoms with Gasteiger partial charge in [0.2, 0.25) is 15.8 Å². The summed E-state index contributed by atoms with van der Waals surface area (Å²) in [4.78, 5) is 23.2.